The smallest absolute Gasteiger partial charge is 0.233 e. The van der Waals surface area contributed by atoms with Gasteiger partial charge < -0.3 is 25.0 Å². The lowest BCUT2D eigenvalue weighted by Gasteiger charge is -2.31. The SMILES string of the molecule is COCCOc1cc(F)c2c(Nc3ccc(NC(=O)CC(=O)N(C)C(C)(C)C)cc3)ncnc2c1. The summed E-state index contributed by atoms with van der Waals surface area (Å²) in [6.07, 6.45) is 1.08. The third-order valence-electron chi connectivity index (χ3n) is 5.34. The number of rotatable bonds is 9. The molecule has 0 aliphatic carbocycles. The Hall–Kier alpha value is -3.79. The summed E-state index contributed by atoms with van der Waals surface area (Å²) < 4.78 is 25.3. The van der Waals surface area contributed by atoms with Gasteiger partial charge in [0.25, 0.3) is 0 Å². The van der Waals surface area contributed by atoms with E-state index in [1.54, 1.807) is 49.4 Å². The predicted molar refractivity (Wildman–Crippen MR) is 132 cm³/mol. The molecule has 0 saturated carbocycles. The van der Waals surface area contributed by atoms with Gasteiger partial charge in [-0.3, -0.25) is 9.59 Å². The fourth-order valence-corrected chi connectivity index (χ4v) is 3.15. The van der Waals surface area contributed by atoms with Crippen LogP contribution in [0, 0.1) is 5.82 Å². The lowest BCUT2D eigenvalue weighted by atomic mass is 10.1. The number of amides is 2. The standard InChI is InChI=1S/C25H30FN5O4/c1-25(2,3)31(4)22(33)14-21(32)29-16-6-8-17(9-7-16)30-24-23-19(26)12-18(35-11-10-34-5)13-20(23)27-15-28-24/h6-9,12-13,15H,10-11,14H2,1-5H3,(H,29,32)(H,27,28,30). The predicted octanol–water partition coefficient (Wildman–Crippen LogP) is 4.12. The van der Waals surface area contributed by atoms with Crippen LogP contribution in [0.2, 0.25) is 0 Å². The molecule has 186 valence electrons. The zero-order valence-electron chi connectivity index (χ0n) is 20.5. The average Bonchev–Trinajstić information content (AvgIpc) is 2.79. The third-order valence-corrected chi connectivity index (χ3v) is 5.34. The number of halogens is 1. The van der Waals surface area contributed by atoms with Gasteiger partial charge in [-0.1, -0.05) is 0 Å². The Morgan fingerprint density at radius 3 is 2.40 bits per heavy atom. The van der Waals surface area contributed by atoms with Crippen LogP contribution in [0.3, 0.4) is 0 Å². The number of hydrogen-bond acceptors (Lipinski definition) is 7. The molecule has 10 heteroatoms. The second-order valence-electron chi connectivity index (χ2n) is 8.91. The summed E-state index contributed by atoms with van der Waals surface area (Å²) >= 11 is 0. The topological polar surface area (TPSA) is 106 Å². The minimum atomic E-state index is -0.521. The third kappa shape index (κ3) is 6.86. The number of nitrogens with zero attached hydrogens (tertiary/aromatic N) is 3. The monoisotopic (exact) mass is 483 g/mol. The van der Waals surface area contributed by atoms with Crippen LogP contribution in [-0.2, 0) is 14.3 Å². The number of carbonyl (C=O) groups is 2. The molecule has 0 fully saturated rings. The minimum absolute atomic E-state index is 0.227. The van der Waals surface area contributed by atoms with E-state index in [-0.39, 0.29) is 23.3 Å². The molecule has 2 N–H and O–H groups in total. The van der Waals surface area contributed by atoms with Crippen LogP contribution in [0.15, 0.2) is 42.7 Å². The Morgan fingerprint density at radius 2 is 1.74 bits per heavy atom. The van der Waals surface area contributed by atoms with E-state index in [4.69, 9.17) is 9.47 Å². The molecule has 2 aromatic carbocycles. The van der Waals surface area contributed by atoms with Crippen LogP contribution >= 0.6 is 0 Å². The Morgan fingerprint density at radius 1 is 1.06 bits per heavy atom. The average molecular weight is 484 g/mol. The number of carbonyl (C=O) groups excluding carboxylic acids is 2. The first kappa shape index (κ1) is 25.8. The van der Waals surface area contributed by atoms with Gasteiger partial charge in [-0.15, -0.1) is 0 Å². The summed E-state index contributed by atoms with van der Waals surface area (Å²) in [4.78, 5) is 34.4. The van der Waals surface area contributed by atoms with E-state index in [2.05, 4.69) is 20.6 Å². The molecule has 0 spiro atoms. The van der Waals surface area contributed by atoms with Crippen molar-refractivity contribution in [2.45, 2.75) is 32.7 Å². The highest BCUT2D eigenvalue weighted by atomic mass is 19.1. The highest BCUT2D eigenvalue weighted by Crippen LogP contribution is 2.29. The van der Waals surface area contributed by atoms with Crippen LogP contribution in [0.5, 0.6) is 5.75 Å². The second-order valence-corrected chi connectivity index (χ2v) is 8.91. The van der Waals surface area contributed by atoms with E-state index in [0.717, 1.165) is 0 Å². The van der Waals surface area contributed by atoms with Crippen molar-refractivity contribution >= 4 is 39.9 Å². The molecule has 35 heavy (non-hydrogen) atoms. The van der Waals surface area contributed by atoms with Gasteiger partial charge >= 0.3 is 0 Å². The van der Waals surface area contributed by atoms with Crippen molar-refractivity contribution in [3.63, 3.8) is 0 Å². The Balaban J connectivity index is 1.68. The summed E-state index contributed by atoms with van der Waals surface area (Å²) in [6, 6.07) is 9.71. The van der Waals surface area contributed by atoms with Crippen LogP contribution in [0.25, 0.3) is 10.9 Å². The molecule has 9 nitrogen and oxygen atoms in total. The van der Waals surface area contributed by atoms with E-state index < -0.39 is 11.7 Å². The maximum Gasteiger partial charge on any atom is 0.233 e. The van der Waals surface area contributed by atoms with E-state index in [0.29, 0.717) is 41.7 Å². The van der Waals surface area contributed by atoms with Gasteiger partial charge in [0, 0.05) is 43.2 Å². The first-order chi connectivity index (χ1) is 16.6. The summed E-state index contributed by atoms with van der Waals surface area (Å²) in [6.45, 7) is 6.38. The molecule has 0 aliphatic heterocycles. The van der Waals surface area contributed by atoms with Gasteiger partial charge in [0.15, 0.2) is 0 Å². The number of aromatic nitrogens is 2. The summed E-state index contributed by atoms with van der Waals surface area (Å²) in [5.74, 6) is -0.545. The molecule has 0 aliphatic rings. The lowest BCUT2D eigenvalue weighted by molar-refractivity contribution is -0.136. The van der Waals surface area contributed by atoms with Crippen molar-refractivity contribution in [1.29, 1.82) is 0 Å². The first-order valence-electron chi connectivity index (χ1n) is 11.1. The minimum Gasteiger partial charge on any atom is -0.491 e. The lowest BCUT2D eigenvalue weighted by Crippen LogP contribution is -2.43. The van der Waals surface area contributed by atoms with Gasteiger partial charge in [0.1, 0.15) is 36.7 Å². The Kier molecular flexibility index (Phi) is 8.18. The molecular formula is C25H30FN5O4. The van der Waals surface area contributed by atoms with Gasteiger partial charge in [-0.25, -0.2) is 14.4 Å². The highest BCUT2D eigenvalue weighted by molar-refractivity contribution is 6.03. The van der Waals surface area contributed by atoms with Crippen molar-refractivity contribution < 1.29 is 23.5 Å². The molecule has 3 rings (SSSR count). The molecule has 0 unspecified atom stereocenters. The van der Waals surface area contributed by atoms with E-state index in [1.165, 1.54) is 12.4 Å². The molecule has 0 atom stereocenters. The van der Waals surface area contributed by atoms with Crippen molar-refractivity contribution in [3.05, 3.63) is 48.5 Å². The molecule has 3 aromatic rings. The summed E-state index contributed by atoms with van der Waals surface area (Å²) in [7, 11) is 3.23. The largest absolute Gasteiger partial charge is 0.491 e. The fourth-order valence-electron chi connectivity index (χ4n) is 3.15. The van der Waals surface area contributed by atoms with Crippen molar-refractivity contribution in [3.8, 4) is 5.75 Å². The molecule has 0 radical (unpaired) electrons. The van der Waals surface area contributed by atoms with Gasteiger partial charge in [0.2, 0.25) is 11.8 Å². The number of nitrogens with one attached hydrogen (secondary N) is 2. The van der Waals surface area contributed by atoms with Gasteiger partial charge in [-0.2, -0.15) is 0 Å². The fraction of sp³-hybridized carbons (Fsp3) is 0.360. The first-order valence-corrected chi connectivity index (χ1v) is 11.1. The normalized spacial score (nSPS) is 11.3. The number of ether oxygens (including phenoxy) is 2. The molecule has 0 bridgehead atoms. The van der Waals surface area contributed by atoms with Crippen LogP contribution in [0.1, 0.15) is 27.2 Å². The van der Waals surface area contributed by atoms with Crippen LogP contribution in [-0.4, -0.2) is 59.6 Å². The molecule has 1 heterocycles. The highest BCUT2D eigenvalue weighted by Gasteiger charge is 2.24. The number of anilines is 3. The number of methoxy groups -OCH3 is 1. The molecule has 1 aromatic heterocycles. The second kappa shape index (κ2) is 11.1. The maximum atomic E-state index is 14.9. The van der Waals surface area contributed by atoms with Crippen LogP contribution in [0.4, 0.5) is 21.6 Å². The number of benzene rings is 2. The molecule has 0 saturated heterocycles. The van der Waals surface area contributed by atoms with Gasteiger partial charge in [-0.05, 0) is 45.0 Å². The van der Waals surface area contributed by atoms with E-state index in [9.17, 15) is 14.0 Å². The van der Waals surface area contributed by atoms with Crippen molar-refractivity contribution in [2.75, 3.05) is 38.0 Å². The Bertz CT molecular complexity index is 1190. The van der Waals surface area contributed by atoms with Crippen molar-refractivity contribution in [2.24, 2.45) is 0 Å². The van der Waals surface area contributed by atoms with Crippen molar-refractivity contribution in [1.82, 2.24) is 14.9 Å². The zero-order valence-corrected chi connectivity index (χ0v) is 20.5. The van der Waals surface area contributed by atoms with E-state index in [1.807, 2.05) is 20.8 Å². The van der Waals surface area contributed by atoms with E-state index >= 15 is 0 Å². The quantitative estimate of drug-likeness (QED) is 0.348. The molecular weight excluding hydrogens is 453 g/mol. The van der Waals surface area contributed by atoms with Crippen LogP contribution < -0.4 is 15.4 Å². The number of fused-ring (bicyclic) bond motifs is 1. The Labute approximate surface area is 203 Å². The zero-order chi connectivity index (χ0) is 25.6. The molecule has 2 amide bonds. The number of hydrogen-bond donors (Lipinski definition) is 2. The summed E-state index contributed by atoms with van der Waals surface area (Å²) in [5, 5.41) is 6.02. The van der Waals surface area contributed by atoms with Gasteiger partial charge in [0.05, 0.1) is 17.5 Å². The maximum absolute atomic E-state index is 14.9. The summed E-state index contributed by atoms with van der Waals surface area (Å²) in [5.41, 5.74) is 1.19.